The summed E-state index contributed by atoms with van der Waals surface area (Å²) < 4.78 is 12.3. The Morgan fingerprint density at radius 3 is 2.20 bits per heavy atom. The van der Waals surface area contributed by atoms with Gasteiger partial charge in [0.15, 0.2) is 6.61 Å². The summed E-state index contributed by atoms with van der Waals surface area (Å²) in [6.07, 6.45) is 0. The molecule has 0 aliphatic carbocycles. The van der Waals surface area contributed by atoms with Gasteiger partial charge in [0, 0.05) is 0 Å². The van der Waals surface area contributed by atoms with Crippen LogP contribution in [0.25, 0.3) is 11.1 Å². The number of halogens is 2. The first-order valence-electron chi connectivity index (χ1n) is 7.56. The van der Waals surface area contributed by atoms with Crippen LogP contribution >= 0.6 is 31.9 Å². The second-order valence-electron chi connectivity index (χ2n) is 5.20. The monoisotopic (exact) mass is 460 g/mol. The molecule has 3 aromatic carbocycles. The summed E-state index contributed by atoms with van der Waals surface area (Å²) in [6, 6.07) is 22.9. The maximum Gasteiger partial charge on any atom is 0.349 e. The second kappa shape index (κ2) is 8.32. The molecule has 0 aliphatic rings. The van der Waals surface area contributed by atoms with Crippen LogP contribution in [0, 0.1) is 0 Å². The number of carbonyl (C=O) groups excluding carboxylic acids is 1. The smallest absolute Gasteiger partial charge is 0.349 e. The lowest BCUT2D eigenvalue weighted by molar-refractivity contribution is -0.136. The lowest BCUT2D eigenvalue weighted by atomic mass is 10.1. The molecule has 5 heteroatoms. The largest absolute Gasteiger partial charge is 0.481 e. The molecule has 0 bridgehead atoms. The van der Waals surface area contributed by atoms with E-state index in [1.165, 1.54) is 0 Å². The highest BCUT2D eigenvalue weighted by Gasteiger charge is 2.11. The molecule has 0 radical (unpaired) electrons. The summed E-state index contributed by atoms with van der Waals surface area (Å²) in [5, 5.41) is 0. The first-order chi connectivity index (χ1) is 12.1. The molecule has 0 atom stereocenters. The Morgan fingerprint density at radius 1 is 0.760 bits per heavy atom. The van der Waals surface area contributed by atoms with E-state index in [0.29, 0.717) is 16.0 Å². The number of para-hydroxylation sites is 1. The predicted molar refractivity (Wildman–Crippen MR) is 105 cm³/mol. The van der Waals surface area contributed by atoms with Crippen molar-refractivity contribution in [2.24, 2.45) is 0 Å². The van der Waals surface area contributed by atoms with E-state index >= 15 is 0 Å². The van der Waals surface area contributed by atoms with Crippen LogP contribution in [0.15, 0.2) is 81.7 Å². The predicted octanol–water partition coefficient (Wildman–Crippen LogP) is 5.86. The standard InChI is InChI=1S/C20H14Br2O3/c21-16-8-4-5-9-18(16)24-13-20(23)25-19-11-10-15(12-17(19)22)14-6-2-1-3-7-14/h1-12H,13H2. The van der Waals surface area contributed by atoms with Gasteiger partial charge in [0.1, 0.15) is 11.5 Å². The van der Waals surface area contributed by atoms with Crippen molar-refractivity contribution < 1.29 is 14.3 Å². The van der Waals surface area contributed by atoms with Crippen molar-refractivity contribution in [3.63, 3.8) is 0 Å². The van der Waals surface area contributed by atoms with Gasteiger partial charge in [-0.3, -0.25) is 0 Å². The molecule has 0 fully saturated rings. The highest BCUT2D eigenvalue weighted by molar-refractivity contribution is 9.10. The zero-order chi connectivity index (χ0) is 17.6. The maximum atomic E-state index is 12.0. The molecule has 0 aromatic heterocycles. The SMILES string of the molecule is O=C(COc1ccccc1Br)Oc1ccc(-c2ccccc2)cc1Br. The van der Waals surface area contributed by atoms with E-state index in [1.54, 1.807) is 12.1 Å². The summed E-state index contributed by atoms with van der Waals surface area (Å²) in [5.41, 5.74) is 2.13. The van der Waals surface area contributed by atoms with Gasteiger partial charge >= 0.3 is 5.97 Å². The van der Waals surface area contributed by atoms with Gasteiger partial charge in [0.2, 0.25) is 0 Å². The third kappa shape index (κ3) is 4.71. The van der Waals surface area contributed by atoms with Gasteiger partial charge in [-0.05, 0) is 67.3 Å². The van der Waals surface area contributed by atoms with Gasteiger partial charge in [-0.1, -0.05) is 48.5 Å². The Bertz CT molecular complexity index is 879. The van der Waals surface area contributed by atoms with Gasteiger partial charge in [-0.25, -0.2) is 4.79 Å². The van der Waals surface area contributed by atoms with Crippen molar-refractivity contribution in [3.05, 3.63) is 81.7 Å². The van der Waals surface area contributed by atoms with Gasteiger partial charge in [-0.2, -0.15) is 0 Å². The third-order valence-electron chi connectivity index (χ3n) is 3.44. The molecule has 25 heavy (non-hydrogen) atoms. The number of hydrogen-bond acceptors (Lipinski definition) is 3. The molecule has 0 saturated carbocycles. The van der Waals surface area contributed by atoms with Crippen molar-refractivity contribution in [1.82, 2.24) is 0 Å². The van der Waals surface area contributed by atoms with E-state index in [-0.39, 0.29) is 6.61 Å². The highest BCUT2D eigenvalue weighted by atomic mass is 79.9. The quantitative estimate of drug-likeness (QED) is 0.352. The molecule has 0 saturated heterocycles. The van der Waals surface area contributed by atoms with Gasteiger partial charge < -0.3 is 9.47 Å². The van der Waals surface area contributed by atoms with Crippen LogP contribution in [0.4, 0.5) is 0 Å². The molecular weight excluding hydrogens is 448 g/mol. The number of rotatable bonds is 5. The van der Waals surface area contributed by atoms with Gasteiger partial charge in [0.05, 0.1) is 8.95 Å². The molecular formula is C20H14Br2O3. The minimum absolute atomic E-state index is 0.171. The average Bonchev–Trinajstić information content (AvgIpc) is 2.63. The Kier molecular flexibility index (Phi) is 5.89. The molecule has 0 N–H and O–H groups in total. The Balaban J connectivity index is 1.64. The summed E-state index contributed by atoms with van der Waals surface area (Å²) in [5.74, 6) is 0.585. The summed E-state index contributed by atoms with van der Waals surface area (Å²) in [7, 11) is 0. The van der Waals surface area contributed by atoms with E-state index in [0.717, 1.165) is 15.6 Å². The Labute approximate surface area is 162 Å². The van der Waals surface area contributed by atoms with Crippen molar-refractivity contribution in [3.8, 4) is 22.6 Å². The average molecular weight is 462 g/mol. The lowest BCUT2D eigenvalue weighted by Gasteiger charge is -2.10. The van der Waals surface area contributed by atoms with E-state index in [9.17, 15) is 4.79 Å². The van der Waals surface area contributed by atoms with Crippen molar-refractivity contribution in [2.45, 2.75) is 0 Å². The van der Waals surface area contributed by atoms with Crippen LogP contribution in [0.5, 0.6) is 11.5 Å². The van der Waals surface area contributed by atoms with Crippen LogP contribution in [0.2, 0.25) is 0 Å². The minimum Gasteiger partial charge on any atom is -0.481 e. The first-order valence-corrected chi connectivity index (χ1v) is 9.15. The zero-order valence-corrected chi connectivity index (χ0v) is 16.3. The van der Waals surface area contributed by atoms with E-state index in [2.05, 4.69) is 31.9 Å². The fourth-order valence-electron chi connectivity index (χ4n) is 2.24. The van der Waals surface area contributed by atoms with Crippen molar-refractivity contribution >= 4 is 37.8 Å². The summed E-state index contributed by atoms with van der Waals surface area (Å²) in [4.78, 5) is 12.0. The molecule has 0 heterocycles. The third-order valence-corrected chi connectivity index (χ3v) is 4.72. The van der Waals surface area contributed by atoms with E-state index in [4.69, 9.17) is 9.47 Å². The van der Waals surface area contributed by atoms with Crippen LogP contribution in [-0.4, -0.2) is 12.6 Å². The molecule has 3 aromatic rings. The van der Waals surface area contributed by atoms with Crippen LogP contribution in [-0.2, 0) is 4.79 Å². The number of benzene rings is 3. The first kappa shape index (κ1) is 17.7. The maximum absolute atomic E-state index is 12.0. The molecule has 0 spiro atoms. The molecule has 126 valence electrons. The van der Waals surface area contributed by atoms with Crippen LogP contribution in [0.1, 0.15) is 0 Å². The van der Waals surface area contributed by atoms with Crippen LogP contribution in [0.3, 0.4) is 0 Å². The van der Waals surface area contributed by atoms with Gasteiger partial charge in [0.25, 0.3) is 0 Å². The minimum atomic E-state index is -0.469. The molecule has 0 amide bonds. The van der Waals surface area contributed by atoms with Gasteiger partial charge in [-0.15, -0.1) is 0 Å². The van der Waals surface area contributed by atoms with Crippen LogP contribution < -0.4 is 9.47 Å². The number of ether oxygens (including phenoxy) is 2. The van der Waals surface area contributed by atoms with E-state index in [1.807, 2.05) is 60.7 Å². The Hall–Kier alpha value is -2.11. The zero-order valence-electron chi connectivity index (χ0n) is 13.1. The molecule has 3 nitrogen and oxygen atoms in total. The normalized spacial score (nSPS) is 10.3. The molecule has 0 unspecified atom stereocenters. The lowest BCUT2D eigenvalue weighted by Crippen LogP contribution is -2.18. The fourth-order valence-corrected chi connectivity index (χ4v) is 3.10. The second-order valence-corrected chi connectivity index (χ2v) is 6.91. The topological polar surface area (TPSA) is 35.5 Å². The molecule has 3 rings (SSSR count). The number of esters is 1. The number of carbonyl (C=O) groups is 1. The van der Waals surface area contributed by atoms with Crippen molar-refractivity contribution in [2.75, 3.05) is 6.61 Å². The highest BCUT2D eigenvalue weighted by Crippen LogP contribution is 2.31. The van der Waals surface area contributed by atoms with Crippen molar-refractivity contribution in [1.29, 1.82) is 0 Å². The summed E-state index contributed by atoms with van der Waals surface area (Å²) in [6.45, 7) is -0.171. The summed E-state index contributed by atoms with van der Waals surface area (Å²) >= 11 is 6.83. The fraction of sp³-hybridized carbons (Fsp3) is 0.0500. The van der Waals surface area contributed by atoms with E-state index < -0.39 is 5.97 Å². The Morgan fingerprint density at radius 2 is 1.48 bits per heavy atom. The molecule has 0 aliphatic heterocycles. The number of hydrogen-bond donors (Lipinski definition) is 0.